The summed E-state index contributed by atoms with van der Waals surface area (Å²) < 4.78 is 11.9. The molecule has 3 aromatic rings. The Morgan fingerprint density at radius 2 is 1.74 bits per heavy atom. The number of para-hydroxylation sites is 1. The molecular formula is C25H20N2O5S2. The molecule has 0 radical (unpaired) electrons. The van der Waals surface area contributed by atoms with Gasteiger partial charge in [0.25, 0.3) is 11.6 Å². The number of hydrogen-bond donors (Lipinski definition) is 0. The molecule has 1 fully saturated rings. The number of ether oxygens (including phenoxy) is 2. The van der Waals surface area contributed by atoms with Gasteiger partial charge < -0.3 is 9.47 Å². The lowest BCUT2D eigenvalue weighted by Gasteiger charge is -2.15. The standard InChI is InChI=1S/C25H20N2O5S2/c1-2-31-21-13-11-19(12-14-21)26-24(28)23(34-25(26)33)15-18-5-3-4-6-22(18)32-16-17-7-9-20(10-8-17)27(29)30/h3-15H,2,16H2,1H3/b23-15-. The van der Waals surface area contributed by atoms with Crippen molar-refractivity contribution in [1.29, 1.82) is 0 Å². The number of non-ortho nitro benzene ring substituents is 1. The number of thioether (sulfide) groups is 1. The van der Waals surface area contributed by atoms with Gasteiger partial charge in [-0.1, -0.05) is 42.2 Å². The minimum atomic E-state index is -0.441. The number of benzene rings is 3. The van der Waals surface area contributed by atoms with Crippen molar-refractivity contribution < 1.29 is 19.2 Å². The number of carbonyl (C=O) groups excluding carboxylic acids is 1. The van der Waals surface area contributed by atoms with Crippen LogP contribution >= 0.6 is 24.0 Å². The molecule has 1 heterocycles. The molecule has 7 nitrogen and oxygen atoms in total. The molecule has 172 valence electrons. The topological polar surface area (TPSA) is 81.9 Å². The molecule has 0 saturated carbocycles. The zero-order valence-electron chi connectivity index (χ0n) is 18.2. The number of amides is 1. The average Bonchev–Trinajstić information content (AvgIpc) is 3.12. The highest BCUT2D eigenvalue weighted by molar-refractivity contribution is 8.27. The largest absolute Gasteiger partial charge is 0.494 e. The molecule has 1 aliphatic heterocycles. The molecule has 1 amide bonds. The van der Waals surface area contributed by atoms with Crippen LogP contribution in [0.25, 0.3) is 6.08 Å². The molecule has 0 aromatic heterocycles. The lowest BCUT2D eigenvalue weighted by atomic mass is 10.1. The third kappa shape index (κ3) is 5.27. The molecule has 34 heavy (non-hydrogen) atoms. The van der Waals surface area contributed by atoms with Gasteiger partial charge in [-0.15, -0.1) is 0 Å². The molecular weight excluding hydrogens is 472 g/mol. The number of thiocarbonyl (C=S) groups is 1. The minimum absolute atomic E-state index is 0.0266. The molecule has 1 saturated heterocycles. The van der Waals surface area contributed by atoms with E-state index in [-0.39, 0.29) is 18.2 Å². The highest BCUT2D eigenvalue weighted by Crippen LogP contribution is 2.37. The van der Waals surface area contributed by atoms with Gasteiger partial charge in [0.1, 0.15) is 18.1 Å². The fraction of sp³-hybridized carbons (Fsp3) is 0.120. The van der Waals surface area contributed by atoms with Gasteiger partial charge in [0.2, 0.25) is 0 Å². The summed E-state index contributed by atoms with van der Waals surface area (Å²) in [5.41, 5.74) is 2.23. The number of carbonyl (C=O) groups is 1. The summed E-state index contributed by atoms with van der Waals surface area (Å²) in [4.78, 5) is 25.5. The van der Waals surface area contributed by atoms with Gasteiger partial charge in [-0.3, -0.25) is 19.8 Å². The average molecular weight is 493 g/mol. The Balaban J connectivity index is 1.51. The van der Waals surface area contributed by atoms with Gasteiger partial charge in [0.15, 0.2) is 4.32 Å². The van der Waals surface area contributed by atoms with E-state index < -0.39 is 4.92 Å². The Hall–Kier alpha value is -3.69. The fourth-order valence-corrected chi connectivity index (χ4v) is 4.59. The van der Waals surface area contributed by atoms with E-state index >= 15 is 0 Å². The van der Waals surface area contributed by atoms with Crippen molar-refractivity contribution in [3.05, 3.63) is 98.9 Å². The summed E-state index contributed by atoms with van der Waals surface area (Å²) in [6, 6.07) is 20.8. The maximum atomic E-state index is 13.1. The fourth-order valence-electron chi connectivity index (χ4n) is 3.30. The summed E-state index contributed by atoms with van der Waals surface area (Å²) in [5.74, 6) is 1.11. The first-order valence-electron chi connectivity index (χ1n) is 10.4. The molecule has 0 aliphatic carbocycles. The summed E-state index contributed by atoms with van der Waals surface area (Å²) in [5, 5.41) is 10.8. The third-order valence-electron chi connectivity index (χ3n) is 4.95. The first-order valence-corrected chi connectivity index (χ1v) is 11.6. The lowest BCUT2D eigenvalue weighted by Crippen LogP contribution is -2.27. The molecule has 1 aliphatic rings. The Morgan fingerprint density at radius 1 is 1.03 bits per heavy atom. The molecule has 0 atom stereocenters. The number of rotatable bonds is 8. The van der Waals surface area contributed by atoms with Crippen LogP contribution in [0.4, 0.5) is 11.4 Å². The molecule has 0 spiro atoms. The van der Waals surface area contributed by atoms with Gasteiger partial charge in [0, 0.05) is 17.7 Å². The van der Waals surface area contributed by atoms with Crippen molar-refractivity contribution in [3.63, 3.8) is 0 Å². The normalized spacial score (nSPS) is 14.5. The van der Waals surface area contributed by atoms with E-state index in [4.69, 9.17) is 21.7 Å². The van der Waals surface area contributed by atoms with Crippen LogP contribution in [0.15, 0.2) is 77.7 Å². The van der Waals surface area contributed by atoms with E-state index in [1.807, 2.05) is 43.3 Å². The Kier molecular flexibility index (Phi) is 7.24. The molecule has 9 heteroatoms. The van der Waals surface area contributed by atoms with Crippen LogP contribution in [0.5, 0.6) is 11.5 Å². The summed E-state index contributed by atoms with van der Waals surface area (Å²) in [7, 11) is 0. The van der Waals surface area contributed by atoms with Gasteiger partial charge >= 0.3 is 0 Å². The van der Waals surface area contributed by atoms with Gasteiger partial charge in [-0.05, 0) is 61.0 Å². The van der Waals surface area contributed by atoms with E-state index in [1.54, 1.807) is 30.3 Å². The highest BCUT2D eigenvalue weighted by Gasteiger charge is 2.33. The first kappa shape index (κ1) is 23.5. The Labute approximate surface area is 206 Å². The van der Waals surface area contributed by atoms with Gasteiger partial charge in [-0.25, -0.2) is 0 Å². The third-order valence-corrected chi connectivity index (χ3v) is 6.25. The van der Waals surface area contributed by atoms with E-state index in [0.717, 1.165) is 16.9 Å². The minimum Gasteiger partial charge on any atom is -0.494 e. The second kappa shape index (κ2) is 10.5. The molecule has 0 N–H and O–H groups in total. The van der Waals surface area contributed by atoms with Gasteiger partial charge in [-0.2, -0.15) is 0 Å². The molecule has 0 unspecified atom stereocenters. The van der Waals surface area contributed by atoms with Crippen LogP contribution in [0.2, 0.25) is 0 Å². The van der Waals surface area contributed by atoms with Crippen molar-refractivity contribution in [2.24, 2.45) is 0 Å². The van der Waals surface area contributed by atoms with E-state index in [9.17, 15) is 14.9 Å². The van der Waals surface area contributed by atoms with Crippen LogP contribution in [0.3, 0.4) is 0 Å². The van der Waals surface area contributed by atoms with Crippen molar-refractivity contribution in [1.82, 2.24) is 0 Å². The molecule has 3 aromatic carbocycles. The quantitative estimate of drug-likeness (QED) is 0.166. The van der Waals surface area contributed by atoms with E-state index in [2.05, 4.69) is 0 Å². The maximum absolute atomic E-state index is 13.1. The van der Waals surface area contributed by atoms with Crippen LogP contribution in [0, 0.1) is 10.1 Å². The number of anilines is 1. The Bertz CT molecular complexity index is 1260. The molecule has 0 bridgehead atoms. The van der Waals surface area contributed by atoms with Crippen molar-refractivity contribution in [3.8, 4) is 11.5 Å². The van der Waals surface area contributed by atoms with Crippen molar-refractivity contribution in [2.45, 2.75) is 13.5 Å². The van der Waals surface area contributed by atoms with Gasteiger partial charge in [0.05, 0.1) is 22.1 Å². The molecule has 4 rings (SSSR count). The van der Waals surface area contributed by atoms with Crippen LogP contribution in [-0.2, 0) is 11.4 Å². The second-order valence-electron chi connectivity index (χ2n) is 7.19. The zero-order valence-corrected chi connectivity index (χ0v) is 19.8. The van der Waals surface area contributed by atoms with Crippen LogP contribution < -0.4 is 14.4 Å². The first-order chi connectivity index (χ1) is 16.5. The number of hydrogen-bond acceptors (Lipinski definition) is 7. The predicted octanol–water partition coefficient (Wildman–Crippen LogP) is 5.98. The number of nitrogens with zero attached hydrogens (tertiary/aromatic N) is 2. The van der Waals surface area contributed by atoms with Crippen LogP contribution in [-0.4, -0.2) is 21.8 Å². The summed E-state index contributed by atoms with van der Waals surface area (Å²) in [6.07, 6.45) is 1.76. The van der Waals surface area contributed by atoms with Crippen molar-refractivity contribution >= 4 is 51.7 Å². The summed E-state index contributed by atoms with van der Waals surface area (Å²) in [6.45, 7) is 2.71. The number of nitro benzene ring substituents is 1. The van der Waals surface area contributed by atoms with Crippen molar-refractivity contribution in [2.75, 3.05) is 11.5 Å². The monoisotopic (exact) mass is 492 g/mol. The summed E-state index contributed by atoms with van der Waals surface area (Å²) >= 11 is 6.70. The SMILES string of the molecule is CCOc1ccc(N2C(=O)/C(=C/c3ccccc3OCc3ccc([N+](=O)[O-])cc3)SC2=S)cc1. The predicted molar refractivity (Wildman–Crippen MR) is 137 cm³/mol. The smallest absolute Gasteiger partial charge is 0.270 e. The second-order valence-corrected chi connectivity index (χ2v) is 8.87. The van der Waals surface area contributed by atoms with Crippen LogP contribution in [0.1, 0.15) is 18.1 Å². The highest BCUT2D eigenvalue weighted by atomic mass is 32.2. The lowest BCUT2D eigenvalue weighted by molar-refractivity contribution is -0.384. The number of nitro groups is 1. The van der Waals surface area contributed by atoms with E-state index in [1.165, 1.54) is 28.8 Å². The maximum Gasteiger partial charge on any atom is 0.270 e. The Morgan fingerprint density at radius 3 is 2.41 bits per heavy atom. The van der Waals surface area contributed by atoms with E-state index in [0.29, 0.717) is 27.3 Å². The zero-order chi connectivity index (χ0) is 24.1.